The van der Waals surface area contributed by atoms with E-state index in [0.717, 1.165) is 5.06 Å². The molecule has 156 valence electrons. The van der Waals surface area contributed by atoms with Crippen molar-refractivity contribution in [1.82, 2.24) is 25.0 Å². The SMILES string of the molecule is CCOc1ccc(-c2cncc(C(=O)N(C)OCc3cc(OC)cnc3F)n2)cn1. The second-order valence-corrected chi connectivity index (χ2v) is 6.01. The monoisotopic (exact) mass is 413 g/mol. The summed E-state index contributed by atoms with van der Waals surface area (Å²) in [5.41, 5.74) is 1.35. The molecule has 0 radical (unpaired) electrons. The summed E-state index contributed by atoms with van der Waals surface area (Å²) in [5.74, 6) is -0.374. The molecular weight excluding hydrogens is 393 g/mol. The van der Waals surface area contributed by atoms with E-state index < -0.39 is 11.9 Å². The van der Waals surface area contributed by atoms with Crippen molar-refractivity contribution >= 4 is 5.91 Å². The van der Waals surface area contributed by atoms with Crippen molar-refractivity contribution in [2.75, 3.05) is 20.8 Å². The molecule has 0 unspecified atom stereocenters. The first-order valence-electron chi connectivity index (χ1n) is 9.02. The Bertz CT molecular complexity index is 1020. The molecule has 0 atom stereocenters. The zero-order valence-corrected chi connectivity index (χ0v) is 16.7. The maximum absolute atomic E-state index is 13.8. The van der Waals surface area contributed by atoms with Crippen LogP contribution in [0.2, 0.25) is 0 Å². The van der Waals surface area contributed by atoms with E-state index in [9.17, 15) is 9.18 Å². The summed E-state index contributed by atoms with van der Waals surface area (Å²) in [7, 11) is 2.85. The smallest absolute Gasteiger partial charge is 0.297 e. The molecule has 30 heavy (non-hydrogen) atoms. The summed E-state index contributed by atoms with van der Waals surface area (Å²) in [5, 5.41) is 0.961. The summed E-state index contributed by atoms with van der Waals surface area (Å²) in [6.45, 7) is 2.17. The topological polar surface area (TPSA) is 99.6 Å². The fourth-order valence-corrected chi connectivity index (χ4v) is 2.44. The van der Waals surface area contributed by atoms with E-state index in [0.29, 0.717) is 29.5 Å². The van der Waals surface area contributed by atoms with Crippen molar-refractivity contribution in [3.8, 4) is 22.9 Å². The van der Waals surface area contributed by atoms with Crippen molar-refractivity contribution in [3.05, 3.63) is 60.2 Å². The minimum atomic E-state index is -0.707. The van der Waals surface area contributed by atoms with Crippen LogP contribution < -0.4 is 9.47 Å². The third-order valence-electron chi connectivity index (χ3n) is 4.00. The third-order valence-corrected chi connectivity index (χ3v) is 4.00. The Morgan fingerprint density at radius 2 is 2.00 bits per heavy atom. The summed E-state index contributed by atoms with van der Waals surface area (Å²) in [4.78, 5) is 34.1. The molecule has 0 aliphatic rings. The van der Waals surface area contributed by atoms with E-state index in [-0.39, 0.29) is 17.9 Å². The highest BCUT2D eigenvalue weighted by atomic mass is 19.1. The summed E-state index contributed by atoms with van der Waals surface area (Å²) >= 11 is 0. The van der Waals surface area contributed by atoms with Crippen LogP contribution in [0.15, 0.2) is 43.0 Å². The number of rotatable bonds is 8. The molecule has 0 fully saturated rings. The molecule has 0 spiro atoms. The maximum Gasteiger partial charge on any atom is 0.297 e. The number of hydrogen-bond donors (Lipinski definition) is 0. The zero-order chi connectivity index (χ0) is 21.5. The lowest BCUT2D eigenvalue weighted by molar-refractivity contribution is -0.117. The van der Waals surface area contributed by atoms with Crippen molar-refractivity contribution in [1.29, 1.82) is 0 Å². The molecule has 0 aliphatic carbocycles. The van der Waals surface area contributed by atoms with Crippen molar-refractivity contribution in [3.63, 3.8) is 0 Å². The van der Waals surface area contributed by atoms with E-state index in [1.807, 2.05) is 6.92 Å². The predicted molar refractivity (Wildman–Crippen MR) is 104 cm³/mol. The van der Waals surface area contributed by atoms with Gasteiger partial charge in [-0.05, 0) is 19.1 Å². The van der Waals surface area contributed by atoms with E-state index in [2.05, 4.69) is 19.9 Å². The van der Waals surface area contributed by atoms with Gasteiger partial charge in [0, 0.05) is 30.4 Å². The Balaban J connectivity index is 1.69. The number of ether oxygens (including phenoxy) is 2. The molecule has 0 N–H and O–H groups in total. The third kappa shape index (κ3) is 5.03. The second-order valence-electron chi connectivity index (χ2n) is 6.01. The molecular formula is C20H20FN5O4. The minimum Gasteiger partial charge on any atom is -0.495 e. The van der Waals surface area contributed by atoms with E-state index in [4.69, 9.17) is 14.3 Å². The molecule has 3 heterocycles. The maximum atomic E-state index is 13.8. The number of hydroxylamine groups is 2. The lowest BCUT2D eigenvalue weighted by Gasteiger charge is -2.17. The lowest BCUT2D eigenvalue weighted by Crippen LogP contribution is -2.28. The van der Waals surface area contributed by atoms with Gasteiger partial charge < -0.3 is 9.47 Å². The van der Waals surface area contributed by atoms with Gasteiger partial charge in [-0.1, -0.05) is 0 Å². The van der Waals surface area contributed by atoms with E-state index >= 15 is 0 Å². The van der Waals surface area contributed by atoms with Crippen molar-refractivity contribution in [2.24, 2.45) is 0 Å². The molecule has 0 aliphatic heterocycles. The molecule has 10 heteroatoms. The average Bonchev–Trinajstić information content (AvgIpc) is 2.78. The first-order valence-corrected chi connectivity index (χ1v) is 9.02. The highest BCUT2D eigenvalue weighted by molar-refractivity contribution is 5.91. The van der Waals surface area contributed by atoms with Crippen LogP contribution in [0.1, 0.15) is 23.0 Å². The Morgan fingerprint density at radius 1 is 1.17 bits per heavy atom. The standard InChI is InChI=1S/C20H20FN5O4/c1-4-29-18-6-5-13(8-23-18)16-10-22-11-17(25-16)20(27)26(2)30-12-14-7-15(28-3)9-24-19(14)21/h5-11H,4,12H2,1-3H3. The summed E-state index contributed by atoms with van der Waals surface area (Å²) in [6, 6.07) is 4.93. The number of pyridine rings is 2. The molecule has 9 nitrogen and oxygen atoms in total. The Labute approximate surface area is 172 Å². The van der Waals surface area contributed by atoms with Crippen LogP contribution >= 0.6 is 0 Å². The quantitative estimate of drug-likeness (QED) is 0.411. The van der Waals surface area contributed by atoms with Crippen LogP contribution in [0.4, 0.5) is 4.39 Å². The number of carbonyl (C=O) groups excluding carboxylic acids is 1. The van der Waals surface area contributed by atoms with Crippen LogP contribution in [-0.4, -0.2) is 51.7 Å². The molecule has 3 aromatic rings. The summed E-state index contributed by atoms with van der Waals surface area (Å²) < 4.78 is 24.1. The lowest BCUT2D eigenvalue weighted by atomic mass is 10.2. The molecule has 0 aromatic carbocycles. The highest BCUT2D eigenvalue weighted by Gasteiger charge is 2.17. The molecule has 3 rings (SSSR count). The number of halogens is 1. The Kier molecular flexibility index (Phi) is 6.81. The van der Waals surface area contributed by atoms with Crippen molar-refractivity contribution < 1.29 is 23.5 Å². The van der Waals surface area contributed by atoms with Gasteiger partial charge in [-0.2, -0.15) is 4.39 Å². The van der Waals surface area contributed by atoms with E-state index in [1.165, 1.54) is 38.8 Å². The van der Waals surface area contributed by atoms with Gasteiger partial charge in [0.2, 0.25) is 11.8 Å². The van der Waals surface area contributed by atoms with Crippen LogP contribution in [0.3, 0.4) is 0 Å². The van der Waals surface area contributed by atoms with Crippen LogP contribution in [-0.2, 0) is 11.4 Å². The van der Waals surface area contributed by atoms with Gasteiger partial charge in [0.1, 0.15) is 18.1 Å². The van der Waals surface area contributed by atoms with Gasteiger partial charge in [-0.3, -0.25) is 14.6 Å². The van der Waals surface area contributed by atoms with Gasteiger partial charge in [0.05, 0.1) is 38.0 Å². The Hall–Kier alpha value is -3.66. The van der Waals surface area contributed by atoms with Gasteiger partial charge in [0.15, 0.2) is 0 Å². The number of nitrogens with zero attached hydrogens (tertiary/aromatic N) is 5. The molecule has 3 aromatic heterocycles. The number of carbonyl (C=O) groups is 1. The largest absolute Gasteiger partial charge is 0.495 e. The zero-order valence-electron chi connectivity index (χ0n) is 16.7. The Morgan fingerprint density at radius 3 is 2.70 bits per heavy atom. The molecule has 0 bridgehead atoms. The van der Waals surface area contributed by atoms with Gasteiger partial charge in [0.25, 0.3) is 5.91 Å². The van der Waals surface area contributed by atoms with Crippen LogP contribution in [0, 0.1) is 5.95 Å². The van der Waals surface area contributed by atoms with Gasteiger partial charge in [-0.15, -0.1) is 0 Å². The first-order chi connectivity index (χ1) is 14.5. The van der Waals surface area contributed by atoms with Gasteiger partial charge >= 0.3 is 0 Å². The fraction of sp³-hybridized carbons (Fsp3) is 0.250. The number of aromatic nitrogens is 4. The highest BCUT2D eigenvalue weighted by Crippen LogP contribution is 2.19. The predicted octanol–water partition coefficient (Wildman–Crippen LogP) is 2.68. The average molecular weight is 413 g/mol. The molecule has 0 saturated heterocycles. The summed E-state index contributed by atoms with van der Waals surface area (Å²) in [6.07, 6.45) is 5.68. The number of methoxy groups -OCH3 is 1. The fourth-order valence-electron chi connectivity index (χ4n) is 2.44. The molecule has 1 amide bonds. The van der Waals surface area contributed by atoms with Crippen LogP contribution in [0.5, 0.6) is 11.6 Å². The van der Waals surface area contributed by atoms with Crippen LogP contribution in [0.25, 0.3) is 11.3 Å². The second kappa shape index (κ2) is 9.70. The normalized spacial score (nSPS) is 10.5. The van der Waals surface area contributed by atoms with Gasteiger partial charge in [-0.25, -0.2) is 20.0 Å². The number of amides is 1. The van der Waals surface area contributed by atoms with Crippen molar-refractivity contribution in [2.45, 2.75) is 13.5 Å². The minimum absolute atomic E-state index is 0.0631. The first kappa shape index (κ1) is 21.1. The molecule has 0 saturated carbocycles. The number of hydrogen-bond acceptors (Lipinski definition) is 8. The van der Waals surface area contributed by atoms with E-state index in [1.54, 1.807) is 18.3 Å².